The third-order valence-corrected chi connectivity index (χ3v) is 5.86. The van der Waals surface area contributed by atoms with Crippen molar-refractivity contribution in [2.45, 2.75) is 31.7 Å². The second kappa shape index (κ2) is 5.88. The molecule has 0 aliphatic carbocycles. The summed E-state index contributed by atoms with van der Waals surface area (Å²) in [5, 5.41) is 0.154. The van der Waals surface area contributed by atoms with Crippen LogP contribution in [0.5, 0.6) is 0 Å². The van der Waals surface area contributed by atoms with Crippen molar-refractivity contribution < 1.29 is 8.42 Å². The van der Waals surface area contributed by atoms with Crippen LogP contribution in [0.15, 0.2) is 35.5 Å². The molecule has 124 valence electrons. The van der Waals surface area contributed by atoms with Gasteiger partial charge in [-0.1, -0.05) is 26.0 Å². The van der Waals surface area contributed by atoms with Crippen molar-refractivity contribution in [2.75, 3.05) is 28.8 Å². The molecule has 0 fully saturated rings. The second-order valence-electron chi connectivity index (χ2n) is 5.93. The number of nitrogens with zero attached hydrogens (tertiary/aromatic N) is 3. The van der Waals surface area contributed by atoms with Crippen LogP contribution in [-0.2, 0) is 10.0 Å². The number of para-hydroxylation sites is 2. The molecule has 0 unspecified atom stereocenters. The molecule has 0 amide bonds. The van der Waals surface area contributed by atoms with E-state index in [-0.39, 0.29) is 10.9 Å². The molecule has 0 atom stereocenters. The Bertz CT molecular complexity index is 798. The number of hydrogen-bond acceptors (Lipinski definition) is 4. The van der Waals surface area contributed by atoms with Crippen molar-refractivity contribution in [3.05, 3.63) is 36.3 Å². The fraction of sp³-hybridized carbons (Fsp3) is 0.438. The fourth-order valence-corrected chi connectivity index (χ4v) is 4.23. The molecular weight excluding hydrogens is 312 g/mol. The van der Waals surface area contributed by atoms with Crippen LogP contribution >= 0.6 is 0 Å². The van der Waals surface area contributed by atoms with Gasteiger partial charge >= 0.3 is 0 Å². The minimum absolute atomic E-state index is 0.154. The maximum Gasteiger partial charge on any atom is 0.281 e. The molecule has 23 heavy (non-hydrogen) atoms. The predicted octanol–water partition coefficient (Wildman–Crippen LogP) is 2.57. The van der Waals surface area contributed by atoms with Gasteiger partial charge in [-0.25, -0.2) is 4.98 Å². The van der Waals surface area contributed by atoms with E-state index in [0.717, 1.165) is 17.9 Å². The van der Waals surface area contributed by atoms with Gasteiger partial charge in [-0.15, -0.1) is 0 Å². The Morgan fingerprint density at radius 3 is 2.52 bits per heavy atom. The smallest absolute Gasteiger partial charge is 0.281 e. The van der Waals surface area contributed by atoms with E-state index < -0.39 is 10.0 Å². The van der Waals surface area contributed by atoms with E-state index in [1.165, 1.54) is 10.5 Å². The van der Waals surface area contributed by atoms with Crippen LogP contribution in [-0.4, -0.2) is 38.0 Å². The molecule has 7 heteroatoms. The second-order valence-corrected chi connectivity index (χ2v) is 7.76. The molecule has 3 rings (SSSR count). The number of anilines is 2. The van der Waals surface area contributed by atoms with Gasteiger partial charge in [0.25, 0.3) is 10.0 Å². The van der Waals surface area contributed by atoms with Crippen molar-refractivity contribution in [3.63, 3.8) is 0 Å². The summed E-state index contributed by atoms with van der Waals surface area (Å²) in [7, 11) is -3.63. The highest BCUT2D eigenvalue weighted by Crippen LogP contribution is 2.35. The van der Waals surface area contributed by atoms with E-state index in [0.29, 0.717) is 18.9 Å². The summed E-state index contributed by atoms with van der Waals surface area (Å²) >= 11 is 0. The van der Waals surface area contributed by atoms with Gasteiger partial charge in [0.05, 0.1) is 24.1 Å². The number of sulfonamides is 1. The molecule has 0 saturated heterocycles. The molecular formula is C16H22N4O2S. The van der Waals surface area contributed by atoms with Crippen LogP contribution < -0.4 is 9.21 Å². The summed E-state index contributed by atoms with van der Waals surface area (Å²) in [5.41, 5.74) is 1.68. The lowest BCUT2D eigenvalue weighted by atomic mass is 10.2. The van der Waals surface area contributed by atoms with E-state index in [9.17, 15) is 8.42 Å². The topological polar surface area (TPSA) is 69.3 Å². The Morgan fingerprint density at radius 2 is 1.91 bits per heavy atom. The number of likely N-dealkylation sites (N-methyl/N-ethyl adjacent to an activating group) is 1. The van der Waals surface area contributed by atoms with Crippen molar-refractivity contribution in [1.82, 2.24) is 9.97 Å². The van der Waals surface area contributed by atoms with E-state index >= 15 is 0 Å². The zero-order valence-corrected chi connectivity index (χ0v) is 14.5. The summed E-state index contributed by atoms with van der Waals surface area (Å²) in [4.78, 5) is 9.33. The maximum atomic E-state index is 13.0. The minimum atomic E-state index is -3.63. The molecule has 2 aromatic rings. The first kappa shape index (κ1) is 15.9. The highest BCUT2D eigenvalue weighted by Gasteiger charge is 2.32. The third kappa shape index (κ3) is 2.69. The Kier molecular flexibility index (Phi) is 4.06. The highest BCUT2D eigenvalue weighted by atomic mass is 32.2. The van der Waals surface area contributed by atoms with E-state index in [4.69, 9.17) is 0 Å². The lowest BCUT2D eigenvalue weighted by Gasteiger charge is -2.37. The highest BCUT2D eigenvalue weighted by molar-refractivity contribution is 7.92. The van der Waals surface area contributed by atoms with Crippen molar-refractivity contribution >= 4 is 21.4 Å². The molecule has 0 spiro atoms. The summed E-state index contributed by atoms with van der Waals surface area (Å²) in [5.74, 6) is 0.840. The van der Waals surface area contributed by atoms with E-state index in [2.05, 4.69) is 21.8 Å². The van der Waals surface area contributed by atoms with Crippen LogP contribution in [0, 0.1) is 0 Å². The number of fused-ring (bicyclic) bond motifs is 1. The van der Waals surface area contributed by atoms with Crippen molar-refractivity contribution in [2.24, 2.45) is 0 Å². The van der Waals surface area contributed by atoms with Crippen LogP contribution in [0.1, 0.15) is 32.5 Å². The lowest BCUT2D eigenvalue weighted by Crippen LogP contribution is -2.44. The quantitative estimate of drug-likeness (QED) is 0.933. The number of aromatic amines is 1. The zero-order valence-electron chi connectivity index (χ0n) is 13.7. The normalized spacial score (nSPS) is 15.1. The Hall–Kier alpha value is -2.02. The number of aromatic nitrogens is 2. The van der Waals surface area contributed by atoms with Gasteiger partial charge in [-0.3, -0.25) is 4.31 Å². The number of H-pyrrole nitrogens is 1. The number of hydrogen-bond donors (Lipinski definition) is 1. The first-order valence-corrected chi connectivity index (χ1v) is 9.30. The van der Waals surface area contributed by atoms with Gasteiger partial charge in [0.1, 0.15) is 5.82 Å². The summed E-state index contributed by atoms with van der Waals surface area (Å²) < 4.78 is 27.5. The zero-order chi connectivity index (χ0) is 16.6. The summed E-state index contributed by atoms with van der Waals surface area (Å²) in [6.07, 6.45) is 1.42. The largest absolute Gasteiger partial charge is 0.368 e. The number of nitrogens with one attached hydrogen (secondary N) is 1. The number of rotatable bonds is 4. The average Bonchev–Trinajstić information content (AvgIpc) is 3.04. The van der Waals surface area contributed by atoms with Crippen LogP contribution in [0.2, 0.25) is 0 Å². The minimum Gasteiger partial charge on any atom is -0.368 e. The summed E-state index contributed by atoms with van der Waals surface area (Å²) in [6.45, 7) is 7.99. The van der Waals surface area contributed by atoms with Crippen LogP contribution in [0.25, 0.3) is 0 Å². The van der Waals surface area contributed by atoms with E-state index in [1.807, 2.05) is 38.1 Å². The van der Waals surface area contributed by atoms with Crippen LogP contribution in [0.3, 0.4) is 0 Å². The van der Waals surface area contributed by atoms with Gasteiger partial charge in [-0.05, 0) is 19.1 Å². The standard InChI is InChI=1S/C16H22N4O2S/c1-4-19-9-10-20(14-8-6-5-7-13(14)19)23(21,22)15-11-17-16(18-15)12(2)3/h5-8,11-12H,4,9-10H2,1-3H3,(H,17,18). The monoisotopic (exact) mass is 334 g/mol. The van der Waals surface area contributed by atoms with E-state index in [1.54, 1.807) is 0 Å². The Balaban J connectivity index is 2.03. The number of benzene rings is 1. The summed E-state index contributed by atoms with van der Waals surface area (Å²) in [6, 6.07) is 7.62. The first-order chi connectivity index (χ1) is 10.9. The molecule has 0 bridgehead atoms. The molecule has 1 aromatic heterocycles. The van der Waals surface area contributed by atoms with Gasteiger partial charge in [0.15, 0.2) is 5.03 Å². The lowest BCUT2D eigenvalue weighted by molar-refractivity contribution is 0.584. The van der Waals surface area contributed by atoms with Gasteiger partial charge in [-0.2, -0.15) is 8.42 Å². The molecule has 0 radical (unpaired) electrons. The van der Waals surface area contributed by atoms with Gasteiger partial charge < -0.3 is 9.88 Å². The predicted molar refractivity (Wildman–Crippen MR) is 91.5 cm³/mol. The maximum absolute atomic E-state index is 13.0. The van der Waals surface area contributed by atoms with Gasteiger partial charge in [0, 0.05) is 19.0 Å². The SMILES string of the molecule is CCN1CCN(S(=O)(=O)c2cnc(C(C)C)[nH]2)c2ccccc21. The third-order valence-electron chi connectivity index (χ3n) is 4.13. The average molecular weight is 334 g/mol. The molecule has 1 N–H and O–H groups in total. The Labute approximate surface area is 137 Å². The fourth-order valence-electron chi connectivity index (χ4n) is 2.84. The molecule has 1 aliphatic heterocycles. The molecule has 6 nitrogen and oxygen atoms in total. The molecule has 0 saturated carbocycles. The van der Waals surface area contributed by atoms with Crippen molar-refractivity contribution in [3.8, 4) is 0 Å². The molecule has 2 heterocycles. The van der Waals surface area contributed by atoms with Gasteiger partial charge in [0.2, 0.25) is 0 Å². The first-order valence-electron chi connectivity index (χ1n) is 7.86. The van der Waals surface area contributed by atoms with Crippen LogP contribution in [0.4, 0.5) is 11.4 Å². The van der Waals surface area contributed by atoms with Crippen molar-refractivity contribution in [1.29, 1.82) is 0 Å². The molecule has 1 aromatic carbocycles. The Morgan fingerprint density at radius 1 is 1.22 bits per heavy atom. The number of imidazole rings is 1. The molecule has 1 aliphatic rings.